The fourth-order valence-corrected chi connectivity index (χ4v) is 4.41. The van der Waals surface area contributed by atoms with E-state index in [2.05, 4.69) is 15.1 Å². The zero-order chi connectivity index (χ0) is 22.2. The van der Waals surface area contributed by atoms with Crippen molar-refractivity contribution in [3.8, 4) is 5.69 Å². The molecule has 4 aromatic rings. The molecule has 1 fully saturated rings. The first-order chi connectivity index (χ1) is 15.6. The van der Waals surface area contributed by atoms with E-state index in [0.717, 1.165) is 22.5 Å². The number of nitrogens with zero attached hydrogens (tertiary/aromatic N) is 5. The number of para-hydroxylation sites is 1. The monoisotopic (exact) mass is 431 g/mol. The first kappa shape index (κ1) is 20.3. The number of morpholine rings is 1. The van der Waals surface area contributed by atoms with Gasteiger partial charge in [0.05, 0.1) is 36.0 Å². The van der Waals surface area contributed by atoms with Gasteiger partial charge in [0.15, 0.2) is 0 Å². The lowest BCUT2D eigenvalue weighted by Crippen LogP contribution is -2.43. The highest BCUT2D eigenvalue weighted by atomic mass is 19.1. The molecule has 1 saturated heterocycles. The summed E-state index contributed by atoms with van der Waals surface area (Å²) in [6.45, 7) is 5.01. The van der Waals surface area contributed by atoms with Crippen LogP contribution in [0.25, 0.3) is 16.6 Å². The Morgan fingerprint density at radius 1 is 1.16 bits per heavy atom. The lowest BCUT2D eigenvalue weighted by Gasteiger charge is -2.36. The second-order valence-corrected chi connectivity index (χ2v) is 7.79. The third kappa shape index (κ3) is 3.33. The molecule has 0 spiro atoms. The normalized spacial score (nSPS) is 16.5. The van der Waals surface area contributed by atoms with E-state index >= 15 is 0 Å². The molecule has 1 aliphatic rings. The maximum atomic E-state index is 14.5. The Morgan fingerprint density at radius 3 is 2.84 bits per heavy atom. The molecule has 4 heterocycles. The van der Waals surface area contributed by atoms with Gasteiger partial charge in [0.1, 0.15) is 11.5 Å². The number of carbonyl (C=O) groups excluding carboxylic acids is 1. The SMILES string of the molecule is Cc1nn(-c2ccccc2F)c(C)c1C1COCCN1C(=O)c1ccnc2ccncc12. The van der Waals surface area contributed by atoms with Crippen molar-refractivity contribution < 1.29 is 13.9 Å². The van der Waals surface area contributed by atoms with Gasteiger partial charge in [-0.3, -0.25) is 14.8 Å². The van der Waals surface area contributed by atoms with Gasteiger partial charge in [0.2, 0.25) is 0 Å². The number of fused-ring (bicyclic) bond motifs is 1. The average molecular weight is 431 g/mol. The molecule has 1 amide bonds. The topological polar surface area (TPSA) is 73.1 Å². The predicted octanol–water partition coefficient (Wildman–Crippen LogP) is 3.79. The molecule has 162 valence electrons. The zero-order valence-electron chi connectivity index (χ0n) is 17.8. The van der Waals surface area contributed by atoms with Crippen LogP contribution < -0.4 is 0 Å². The number of halogens is 1. The molecule has 1 aromatic carbocycles. The van der Waals surface area contributed by atoms with Crippen LogP contribution in [-0.2, 0) is 4.74 Å². The van der Waals surface area contributed by atoms with Gasteiger partial charge in [-0.05, 0) is 38.1 Å². The minimum atomic E-state index is -0.353. The zero-order valence-corrected chi connectivity index (χ0v) is 17.8. The van der Waals surface area contributed by atoms with Crippen molar-refractivity contribution in [2.75, 3.05) is 19.8 Å². The second kappa shape index (κ2) is 8.12. The highest BCUT2D eigenvalue weighted by Crippen LogP contribution is 2.33. The average Bonchev–Trinajstić information content (AvgIpc) is 3.12. The van der Waals surface area contributed by atoms with Crippen LogP contribution in [0.3, 0.4) is 0 Å². The number of pyridine rings is 2. The van der Waals surface area contributed by atoms with Crippen LogP contribution in [-0.4, -0.2) is 50.3 Å². The Balaban J connectivity index is 1.58. The van der Waals surface area contributed by atoms with E-state index in [0.29, 0.717) is 36.4 Å². The summed E-state index contributed by atoms with van der Waals surface area (Å²) < 4.78 is 21.8. The molecule has 1 aliphatic heterocycles. The summed E-state index contributed by atoms with van der Waals surface area (Å²) in [4.78, 5) is 24.0. The predicted molar refractivity (Wildman–Crippen MR) is 117 cm³/mol. The number of hydrogen-bond donors (Lipinski definition) is 0. The molecule has 0 N–H and O–H groups in total. The van der Waals surface area contributed by atoms with Crippen LogP contribution in [0, 0.1) is 19.7 Å². The van der Waals surface area contributed by atoms with Crippen LogP contribution in [0.2, 0.25) is 0 Å². The largest absolute Gasteiger partial charge is 0.377 e. The number of benzene rings is 1. The first-order valence-corrected chi connectivity index (χ1v) is 10.4. The Kier molecular flexibility index (Phi) is 5.14. The smallest absolute Gasteiger partial charge is 0.255 e. The lowest BCUT2D eigenvalue weighted by molar-refractivity contribution is -0.00293. The summed E-state index contributed by atoms with van der Waals surface area (Å²) in [5, 5.41) is 5.31. The molecule has 1 atom stereocenters. The quantitative estimate of drug-likeness (QED) is 0.494. The number of ether oxygens (including phenoxy) is 1. The number of aromatic nitrogens is 4. The number of carbonyl (C=O) groups is 1. The van der Waals surface area contributed by atoms with Crippen molar-refractivity contribution in [2.24, 2.45) is 0 Å². The van der Waals surface area contributed by atoms with Crippen LogP contribution in [0.1, 0.15) is 33.4 Å². The molecule has 5 rings (SSSR count). The van der Waals surface area contributed by atoms with Gasteiger partial charge in [-0.25, -0.2) is 9.07 Å². The van der Waals surface area contributed by atoms with Crippen LogP contribution in [0.4, 0.5) is 4.39 Å². The maximum absolute atomic E-state index is 14.5. The van der Waals surface area contributed by atoms with E-state index < -0.39 is 0 Å². The summed E-state index contributed by atoms with van der Waals surface area (Å²) in [6.07, 6.45) is 4.96. The number of rotatable bonds is 3. The van der Waals surface area contributed by atoms with E-state index in [9.17, 15) is 9.18 Å². The fraction of sp³-hybridized carbons (Fsp3) is 0.250. The van der Waals surface area contributed by atoms with E-state index in [-0.39, 0.29) is 17.8 Å². The molecule has 32 heavy (non-hydrogen) atoms. The summed E-state index contributed by atoms with van der Waals surface area (Å²) >= 11 is 0. The number of amides is 1. The molecule has 1 unspecified atom stereocenters. The van der Waals surface area contributed by atoms with E-state index in [4.69, 9.17) is 4.74 Å². The summed E-state index contributed by atoms with van der Waals surface area (Å²) in [5.41, 5.74) is 4.03. The Hall–Kier alpha value is -3.65. The number of aryl methyl sites for hydroxylation is 1. The summed E-state index contributed by atoms with van der Waals surface area (Å²) in [6, 6.07) is 9.70. The van der Waals surface area contributed by atoms with Crippen molar-refractivity contribution >= 4 is 16.8 Å². The highest BCUT2D eigenvalue weighted by Gasteiger charge is 2.34. The molecule has 0 bridgehead atoms. The van der Waals surface area contributed by atoms with E-state index in [1.807, 2.05) is 18.7 Å². The van der Waals surface area contributed by atoms with E-state index in [1.54, 1.807) is 53.6 Å². The Bertz CT molecular complexity index is 1310. The molecule has 0 aliphatic carbocycles. The highest BCUT2D eigenvalue weighted by molar-refractivity contribution is 6.05. The maximum Gasteiger partial charge on any atom is 0.255 e. The standard InChI is InChI=1S/C24H22FN5O2/c1-15-23(16(2)30(28-15)21-6-4-3-5-19(21)25)22-14-32-12-11-29(22)24(31)17-7-10-27-20-8-9-26-13-18(17)20/h3-10,13,22H,11-12,14H2,1-2H3. The van der Waals surface area contributed by atoms with Crippen molar-refractivity contribution in [1.29, 1.82) is 0 Å². The van der Waals surface area contributed by atoms with Crippen molar-refractivity contribution in [1.82, 2.24) is 24.6 Å². The van der Waals surface area contributed by atoms with Crippen molar-refractivity contribution in [2.45, 2.75) is 19.9 Å². The fourth-order valence-electron chi connectivity index (χ4n) is 4.41. The molecular weight excluding hydrogens is 409 g/mol. The summed E-state index contributed by atoms with van der Waals surface area (Å²) in [5.74, 6) is -0.468. The molecular formula is C24H22FN5O2. The van der Waals surface area contributed by atoms with Gasteiger partial charge in [-0.15, -0.1) is 0 Å². The molecule has 0 saturated carbocycles. The minimum absolute atomic E-state index is 0.115. The van der Waals surface area contributed by atoms with Crippen molar-refractivity contribution in [3.05, 3.63) is 83.3 Å². The van der Waals surface area contributed by atoms with Gasteiger partial charge in [-0.2, -0.15) is 5.10 Å². The second-order valence-electron chi connectivity index (χ2n) is 7.79. The van der Waals surface area contributed by atoms with E-state index in [1.165, 1.54) is 6.07 Å². The van der Waals surface area contributed by atoms with Gasteiger partial charge < -0.3 is 9.64 Å². The van der Waals surface area contributed by atoms with Crippen LogP contribution in [0.15, 0.2) is 55.0 Å². The Morgan fingerprint density at radius 2 is 2.00 bits per heavy atom. The first-order valence-electron chi connectivity index (χ1n) is 10.4. The lowest BCUT2D eigenvalue weighted by atomic mass is 10.0. The minimum Gasteiger partial charge on any atom is -0.377 e. The Labute approximate surface area is 184 Å². The van der Waals surface area contributed by atoms with Crippen LogP contribution in [0.5, 0.6) is 0 Å². The molecule has 7 nitrogen and oxygen atoms in total. The molecule has 3 aromatic heterocycles. The third-order valence-corrected chi connectivity index (χ3v) is 5.92. The number of hydrogen-bond acceptors (Lipinski definition) is 5. The summed E-state index contributed by atoms with van der Waals surface area (Å²) in [7, 11) is 0. The van der Waals surface area contributed by atoms with Crippen LogP contribution >= 0.6 is 0 Å². The van der Waals surface area contributed by atoms with Gasteiger partial charge in [0, 0.05) is 41.8 Å². The van der Waals surface area contributed by atoms with Gasteiger partial charge in [-0.1, -0.05) is 12.1 Å². The van der Waals surface area contributed by atoms with Gasteiger partial charge in [0.25, 0.3) is 5.91 Å². The van der Waals surface area contributed by atoms with Crippen molar-refractivity contribution in [3.63, 3.8) is 0 Å². The van der Waals surface area contributed by atoms with Gasteiger partial charge >= 0.3 is 0 Å². The molecule has 8 heteroatoms. The third-order valence-electron chi connectivity index (χ3n) is 5.92. The molecule has 0 radical (unpaired) electrons.